The van der Waals surface area contributed by atoms with Crippen LogP contribution in [0.1, 0.15) is 67.2 Å². The first kappa shape index (κ1) is 30.6. The summed E-state index contributed by atoms with van der Waals surface area (Å²) in [4.78, 5) is 28.4. The van der Waals surface area contributed by atoms with Crippen molar-refractivity contribution in [2.75, 3.05) is 44.2 Å². The Morgan fingerprint density at radius 3 is 2.64 bits per heavy atom. The lowest BCUT2D eigenvalue weighted by molar-refractivity contribution is -0.0335. The quantitative estimate of drug-likeness (QED) is 0.367. The molecule has 1 amide bonds. The smallest absolute Gasteiger partial charge is 0.410 e. The number of ether oxygens (including phenoxy) is 3. The highest BCUT2D eigenvalue weighted by Crippen LogP contribution is 2.40. The highest BCUT2D eigenvalue weighted by molar-refractivity contribution is 5.93. The number of hydrogen-bond acceptors (Lipinski definition) is 9. The number of carbonyl (C=O) groups is 1. The van der Waals surface area contributed by atoms with Gasteiger partial charge in [0.05, 0.1) is 23.9 Å². The van der Waals surface area contributed by atoms with Gasteiger partial charge in [-0.05, 0) is 85.4 Å². The zero-order valence-corrected chi connectivity index (χ0v) is 27.0. The normalized spacial score (nSPS) is 24.0. The van der Waals surface area contributed by atoms with Crippen molar-refractivity contribution in [3.63, 3.8) is 0 Å². The number of anilines is 1. The zero-order chi connectivity index (χ0) is 31.1. The standard InChI is InChI=1S/C33H47N7O4/c1-22-17-24(9-12-40(22)31(41)44-32(3,4)5)42-16-15-38-13-14-39(20-23(38)2)29-19-28(34-21-35-29)30-26-18-25(43-33(6)10-11-33)7-8-27(26)36-37-30/h7-8,18-19,21-24H,9-17,20H2,1-6H3,(H,36,37). The number of likely N-dealkylation sites (tertiary alicyclic amines) is 1. The van der Waals surface area contributed by atoms with Crippen LogP contribution in [-0.4, -0.2) is 105 Å². The Morgan fingerprint density at radius 2 is 1.91 bits per heavy atom. The fourth-order valence-corrected chi connectivity index (χ4v) is 6.21. The zero-order valence-electron chi connectivity index (χ0n) is 27.0. The molecule has 3 aromatic rings. The Bertz CT molecular complexity index is 1470. The molecule has 3 unspecified atom stereocenters. The van der Waals surface area contributed by atoms with Gasteiger partial charge < -0.3 is 24.0 Å². The summed E-state index contributed by atoms with van der Waals surface area (Å²) in [5, 5.41) is 8.74. The van der Waals surface area contributed by atoms with E-state index in [0.717, 1.165) is 85.7 Å². The topological polar surface area (TPSA) is 109 Å². The van der Waals surface area contributed by atoms with Gasteiger partial charge in [0, 0.05) is 56.3 Å². The molecule has 1 aromatic carbocycles. The maximum atomic E-state index is 12.5. The molecule has 4 heterocycles. The molecule has 2 aromatic heterocycles. The summed E-state index contributed by atoms with van der Waals surface area (Å²) in [6.07, 6.45) is 5.42. The number of aromatic amines is 1. The number of carbonyl (C=O) groups excluding carboxylic acids is 1. The lowest BCUT2D eigenvalue weighted by Gasteiger charge is -2.41. The van der Waals surface area contributed by atoms with Crippen LogP contribution in [0.25, 0.3) is 22.3 Å². The van der Waals surface area contributed by atoms with E-state index in [4.69, 9.17) is 14.2 Å². The third-order valence-corrected chi connectivity index (χ3v) is 9.03. The molecule has 3 fully saturated rings. The van der Waals surface area contributed by atoms with Gasteiger partial charge in [0.25, 0.3) is 0 Å². The predicted molar refractivity (Wildman–Crippen MR) is 170 cm³/mol. The predicted octanol–water partition coefficient (Wildman–Crippen LogP) is 5.27. The lowest BCUT2D eigenvalue weighted by atomic mass is 10.0. The minimum absolute atomic E-state index is 0.0374. The summed E-state index contributed by atoms with van der Waals surface area (Å²) >= 11 is 0. The molecule has 0 bridgehead atoms. The number of piperidine rings is 1. The van der Waals surface area contributed by atoms with Gasteiger partial charge in [-0.15, -0.1) is 0 Å². The molecule has 0 spiro atoms. The molecule has 3 aliphatic rings. The van der Waals surface area contributed by atoms with Crippen LogP contribution in [0.2, 0.25) is 0 Å². The van der Waals surface area contributed by atoms with Crippen LogP contribution >= 0.6 is 0 Å². The van der Waals surface area contributed by atoms with Crippen molar-refractivity contribution in [3.05, 3.63) is 30.6 Å². The van der Waals surface area contributed by atoms with Crippen LogP contribution in [0.4, 0.5) is 10.6 Å². The second-order valence-electron chi connectivity index (χ2n) is 14.0. The van der Waals surface area contributed by atoms with Gasteiger partial charge in [-0.1, -0.05) is 0 Å². The molecule has 2 saturated heterocycles. The lowest BCUT2D eigenvalue weighted by Crippen LogP contribution is -2.53. The van der Waals surface area contributed by atoms with Crippen molar-refractivity contribution in [1.29, 1.82) is 0 Å². The van der Waals surface area contributed by atoms with Gasteiger partial charge in [-0.2, -0.15) is 5.10 Å². The highest BCUT2D eigenvalue weighted by atomic mass is 16.6. The van der Waals surface area contributed by atoms with Crippen LogP contribution in [-0.2, 0) is 9.47 Å². The molecule has 0 radical (unpaired) electrons. The maximum Gasteiger partial charge on any atom is 0.410 e. The van der Waals surface area contributed by atoms with Crippen molar-refractivity contribution in [2.45, 2.75) is 96.6 Å². The fourth-order valence-electron chi connectivity index (χ4n) is 6.21. The molecule has 1 N–H and O–H groups in total. The Labute approximate surface area is 260 Å². The Hall–Kier alpha value is -3.44. The largest absolute Gasteiger partial charge is 0.488 e. The van der Waals surface area contributed by atoms with Gasteiger partial charge in [0.1, 0.15) is 34.8 Å². The van der Waals surface area contributed by atoms with E-state index in [9.17, 15) is 4.79 Å². The number of nitrogens with zero attached hydrogens (tertiary/aromatic N) is 6. The number of fused-ring (bicyclic) bond motifs is 1. The van der Waals surface area contributed by atoms with Gasteiger partial charge >= 0.3 is 6.09 Å². The van der Waals surface area contributed by atoms with E-state index in [2.05, 4.69) is 56.8 Å². The summed E-state index contributed by atoms with van der Waals surface area (Å²) in [5.74, 6) is 1.78. The summed E-state index contributed by atoms with van der Waals surface area (Å²) in [6.45, 7) is 17.1. The van der Waals surface area contributed by atoms with E-state index in [-0.39, 0.29) is 23.8 Å². The Kier molecular flexibility index (Phi) is 8.45. The number of amides is 1. The van der Waals surface area contributed by atoms with E-state index in [1.165, 1.54) is 0 Å². The van der Waals surface area contributed by atoms with Gasteiger partial charge in [-0.3, -0.25) is 10.00 Å². The van der Waals surface area contributed by atoms with E-state index in [1.54, 1.807) is 6.33 Å². The first-order valence-corrected chi connectivity index (χ1v) is 16.1. The molecule has 1 saturated carbocycles. The van der Waals surface area contributed by atoms with E-state index in [1.807, 2.05) is 43.9 Å². The molecular formula is C33H47N7O4. The summed E-state index contributed by atoms with van der Waals surface area (Å²) in [6, 6.07) is 8.58. The van der Waals surface area contributed by atoms with E-state index in [0.29, 0.717) is 19.2 Å². The Balaban J connectivity index is 1.01. The summed E-state index contributed by atoms with van der Waals surface area (Å²) in [5.41, 5.74) is 2.05. The third kappa shape index (κ3) is 7.10. The molecule has 3 atom stereocenters. The summed E-state index contributed by atoms with van der Waals surface area (Å²) in [7, 11) is 0. The van der Waals surface area contributed by atoms with Crippen LogP contribution in [0.15, 0.2) is 30.6 Å². The van der Waals surface area contributed by atoms with E-state index >= 15 is 0 Å². The molecule has 2 aliphatic heterocycles. The van der Waals surface area contributed by atoms with Crippen LogP contribution in [0.3, 0.4) is 0 Å². The molecule has 238 valence electrons. The van der Waals surface area contributed by atoms with Crippen LogP contribution in [0.5, 0.6) is 5.75 Å². The van der Waals surface area contributed by atoms with E-state index < -0.39 is 5.60 Å². The molecule has 44 heavy (non-hydrogen) atoms. The number of piperazine rings is 1. The number of aromatic nitrogens is 4. The van der Waals surface area contributed by atoms with Gasteiger partial charge in [0.15, 0.2) is 0 Å². The van der Waals surface area contributed by atoms with Crippen molar-refractivity contribution in [2.24, 2.45) is 0 Å². The van der Waals surface area contributed by atoms with Crippen molar-refractivity contribution >= 4 is 22.8 Å². The summed E-state index contributed by atoms with van der Waals surface area (Å²) < 4.78 is 18.1. The highest BCUT2D eigenvalue weighted by Gasteiger charge is 2.40. The number of nitrogens with one attached hydrogen (secondary N) is 1. The van der Waals surface area contributed by atoms with Crippen molar-refractivity contribution < 1.29 is 19.0 Å². The average Bonchev–Trinajstić information content (AvgIpc) is 3.54. The molecule has 11 heteroatoms. The fraction of sp³-hybridized carbons (Fsp3) is 0.636. The number of benzene rings is 1. The first-order valence-electron chi connectivity index (χ1n) is 16.1. The number of rotatable bonds is 8. The SMILES string of the molecule is CC1CN(c2cc(-c3n[nH]c4ccc(OC5(C)CC5)cc34)ncn2)CCN1CCOC1CCN(C(=O)OC(C)(C)C)C(C)C1. The molecule has 1 aliphatic carbocycles. The minimum Gasteiger partial charge on any atom is -0.488 e. The molecule has 11 nitrogen and oxygen atoms in total. The molecule has 6 rings (SSSR count). The monoisotopic (exact) mass is 605 g/mol. The minimum atomic E-state index is -0.483. The first-order chi connectivity index (χ1) is 21.0. The third-order valence-electron chi connectivity index (χ3n) is 9.03. The van der Waals surface area contributed by atoms with Crippen molar-refractivity contribution in [1.82, 2.24) is 30.0 Å². The van der Waals surface area contributed by atoms with Crippen molar-refractivity contribution in [3.8, 4) is 17.1 Å². The number of hydrogen-bond donors (Lipinski definition) is 1. The maximum absolute atomic E-state index is 12.5. The number of H-pyrrole nitrogens is 1. The van der Waals surface area contributed by atoms with Crippen LogP contribution < -0.4 is 9.64 Å². The van der Waals surface area contributed by atoms with Gasteiger partial charge in [-0.25, -0.2) is 14.8 Å². The second-order valence-corrected chi connectivity index (χ2v) is 14.0. The molecular weight excluding hydrogens is 558 g/mol. The van der Waals surface area contributed by atoms with Crippen LogP contribution in [0, 0.1) is 0 Å². The second kappa shape index (κ2) is 12.2. The van der Waals surface area contributed by atoms with Gasteiger partial charge in [0.2, 0.25) is 0 Å². The Morgan fingerprint density at radius 1 is 1.09 bits per heavy atom. The average molecular weight is 606 g/mol.